The van der Waals surface area contributed by atoms with Crippen molar-refractivity contribution in [2.75, 3.05) is 53.0 Å². The van der Waals surface area contributed by atoms with E-state index in [1.165, 1.54) is 11.1 Å². The predicted molar refractivity (Wildman–Crippen MR) is 119 cm³/mol. The van der Waals surface area contributed by atoms with Crippen molar-refractivity contribution in [3.8, 4) is 11.5 Å². The van der Waals surface area contributed by atoms with Gasteiger partial charge in [0.2, 0.25) is 0 Å². The summed E-state index contributed by atoms with van der Waals surface area (Å²) in [6.45, 7) is 7.99. The largest absolute Gasteiger partial charge is 0.493 e. The molecule has 0 aliphatic carbocycles. The van der Waals surface area contributed by atoms with E-state index < -0.39 is 0 Å². The first-order valence-corrected chi connectivity index (χ1v) is 10.8. The minimum atomic E-state index is 0.690. The van der Waals surface area contributed by atoms with Crippen LogP contribution in [-0.4, -0.2) is 62.8 Å². The number of benzene rings is 2. The normalized spacial score (nSPS) is 15.4. The lowest BCUT2D eigenvalue weighted by Crippen LogP contribution is -2.46. The van der Waals surface area contributed by atoms with E-state index in [0.29, 0.717) is 6.61 Å². The van der Waals surface area contributed by atoms with Crippen molar-refractivity contribution in [3.63, 3.8) is 0 Å². The zero-order valence-electron chi connectivity index (χ0n) is 17.7. The Morgan fingerprint density at radius 1 is 0.862 bits per heavy atom. The Morgan fingerprint density at radius 2 is 1.62 bits per heavy atom. The highest BCUT2D eigenvalue weighted by Gasteiger charge is 2.17. The van der Waals surface area contributed by atoms with Crippen LogP contribution in [0.4, 0.5) is 0 Å². The van der Waals surface area contributed by atoms with Crippen molar-refractivity contribution < 1.29 is 9.47 Å². The molecule has 0 spiro atoms. The maximum Gasteiger partial charge on any atom is 0.161 e. The molecular formula is C24H35N3O2. The average Bonchev–Trinajstić information content (AvgIpc) is 2.77. The van der Waals surface area contributed by atoms with Gasteiger partial charge in [0.05, 0.1) is 13.7 Å². The van der Waals surface area contributed by atoms with Crippen molar-refractivity contribution in [2.24, 2.45) is 5.73 Å². The quantitative estimate of drug-likeness (QED) is 0.590. The Labute approximate surface area is 175 Å². The number of ether oxygens (including phenoxy) is 2. The molecule has 1 aliphatic rings. The number of hydrogen-bond acceptors (Lipinski definition) is 5. The van der Waals surface area contributed by atoms with Crippen LogP contribution in [0.3, 0.4) is 0 Å². The maximum absolute atomic E-state index is 5.99. The third-order valence-corrected chi connectivity index (χ3v) is 5.49. The summed E-state index contributed by atoms with van der Waals surface area (Å²) in [6.07, 6.45) is 3.10. The summed E-state index contributed by atoms with van der Waals surface area (Å²) in [4.78, 5) is 5.02. The van der Waals surface area contributed by atoms with E-state index in [9.17, 15) is 0 Å². The van der Waals surface area contributed by atoms with Crippen LogP contribution in [0.15, 0.2) is 48.5 Å². The number of rotatable bonds is 11. The van der Waals surface area contributed by atoms with Gasteiger partial charge in [0, 0.05) is 32.7 Å². The van der Waals surface area contributed by atoms with Crippen LogP contribution in [0, 0.1) is 0 Å². The van der Waals surface area contributed by atoms with E-state index in [4.69, 9.17) is 15.2 Å². The molecule has 0 saturated carbocycles. The van der Waals surface area contributed by atoms with Gasteiger partial charge in [-0.25, -0.2) is 0 Å². The van der Waals surface area contributed by atoms with Gasteiger partial charge >= 0.3 is 0 Å². The van der Waals surface area contributed by atoms with E-state index >= 15 is 0 Å². The molecule has 1 fully saturated rings. The van der Waals surface area contributed by atoms with Gasteiger partial charge in [-0.3, -0.25) is 4.90 Å². The standard InChI is InChI=1S/C24H35N3O2/c1-28-24-19-22(20-27-16-14-26(15-17-27)13-6-12-25)10-11-23(24)29-18-5-9-21-7-3-2-4-8-21/h2-4,7-8,10-11,19H,5-6,9,12-18,20,25H2,1H3. The molecule has 2 N–H and O–H groups in total. The van der Waals surface area contributed by atoms with Gasteiger partial charge in [-0.15, -0.1) is 0 Å². The fourth-order valence-electron chi connectivity index (χ4n) is 3.78. The van der Waals surface area contributed by atoms with Crippen LogP contribution in [0.5, 0.6) is 11.5 Å². The summed E-state index contributed by atoms with van der Waals surface area (Å²) < 4.78 is 11.6. The van der Waals surface area contributed by atoms with Crippen LogP contribution in [-0.2, 0) is 13.0 Å². The number of methoxy groups -OCH3 is 1. The monoisotopic (exact) mass is 397 g/mol. The molecule has 29 heavy (non-hydrogen) atoms. The Balaban J connectivity index is 1.45. The average molecular weight is 398 g/mol. The van der Waals surface area contributed by atoms with Crippen LogP contribution in [0.1, 0.15) is 24.0 Å². The Hall–Kier alpha value is -2.08. The van der Waals surface area contributed by atoms with E-state index in [1.807, 2.05) is 12.1 Å². The molecule has 3 rings (SSSR count). The van der Waals surface area contributed by atoms with Crippen LogP contribution in [0.25, 0.3) is 0 Å². The highest BCUT2D eigenvalue weighted by Crippen LogP contribution is 2.29. The summed E-state index contributed by atoms with van der Waals surface area (Å²) in [7, 11) is 1.71. The molecule has 0 amide bonds. The van der Waals surface area contributed by atoms with E-state index in [1.54, 1.807) is 7.11 Å². The summed E-state index contributed by atoms with van der Waals surface area (Å²) in [5.41, 5.74) is 8.24. The lowest BCUT2D eigenvalue weighted by molar-refractivity contribution is 0.126. The third-order valence-electron chi connectivity index (χ3n) is 5.49. The van der Waals surface area contributed by atoms with Crippen LogP contribution < -0.4 is 15.2 Å². The molecule has 5 heteroatoms. The Kier molecular flexibility index (Phi) is 8.81. The number of piperazine rings is 1. The summed E-state index contributed by atoms with van der Waals surface area (Å²) >= 11 is 0. The summed E-state index contributed by atoms with van der Waals surface area (Å²) in [5, 5.41) is 0. The van der Waals surface area contributed by atoms with Gasteiger partial charge in [0.25, 0.3) is 0 Å². The highest BCUT2D eigenvalue weighted by atomic mass is 16.5. The zero-order valence-corrected chi connectivity index (χ0v) is 17.7. The van der Waals surface area contributed by atoms with Gasteiger partial charge in [0.15, 0.2) is 11.5 Å². The molecule has 0 bridgehead atoms. The van der Waals surface area contributed by atoms with Gasteiger partial charge in [-0.05, 0) is 55.6 Å². The number of hydrogen-bond donors (Lipinski definition) is 1. The van der Waals surface area contributed by atoms with E-state index in [0.717, 1.165) is 76.6 Å². The maximum atomic E-state index is 5.99. The molecule has 1 heterocycles. The Bertz CT molecular complexity index is 715. The molecule has 1 saturated heterocycles. The van der Waals surface area contributed by atoms with Gasteiger partial charge in [-0.2, -0.15) is 0 Å². The first-order valence-electron chi connectivity index (χ1n) is 10.8. The smallest absolute Gasteiger partial charge is 0.161 e. The molecule has 0 aromatic heterocycles. The van der Waals surface area contributed by atoms with Crippen LogP contribution >= 0.6 is 0 Å². The number of nitrogens with two attached hydrogens (primary N) is 1. The van der Waals surface area contributed by atoms with Gasteiger partial charge < -0.3 is 20.1 Å². The fraction of sp³-hybridized carbons (Fsp3) is 0.500. The lowest BCUT2D eigenvalue weighted by atomic mass is 10.1. The lowest BCUT2D eigenvalue weighted by Gasteiger charge is -2.34. The van der Waals surface area contributed by atoms with Crippen molar-refractivity contribution in [1.82, 2.24) is 9.80 Å². The predicted octanol–water partition coefficient (Wildman–Crippen LogP) is 3.17. The van der Waals surface area contributed by atoms with Crippen molar-refractivity contribution in [1.29, 1.82) is 0 Å². The molecule has 1 aliphatic heterocycles. The van der Waals surface area contributed by atoms with Crippen molar-refractivity contribution in [3.05, 3.63) is 59.7 Å². The topological polar surface area (TPSA) is 51.0 Å². The molecule has 2 aromatic carbocycles. The minimum absolute atomic E-state index is 0.690. The first kappa shape index (κ1) is 21.6. The van der Waals surface area contributed by atoms with E-state index in [-0.39, 0.29) is 0 Å². The summed E-state index contributed by atoms with van der Waals surface area (Å²) in [6, 6.07) is 16.9. The van der Waals surface area contributed by atoms with Crippen molar-refractivity contribution in [2.45, 2.75) is 25.8 Å². The highest BCUT2D eigenvalue weighted by molar-refractivity contribution is 5.43. The molecular weight excluding hydrogens is 362 g/mol. The Morgan fingerprint density at radius 3 is 2.34 bits per heavy atom. The molecule has 0 atom stereocenters. The van der Waals surface area contributed by atoms with Gasteiger partial charge in [0.1, 0.15) is 0 Å². The van der Waals surface area contributed by atoms with Crippen LogP contribution in [0.2, 0.25) is 0 Å². The molecule has 0 unspecified atom stereocenters. The van der Waals surface area contributed by atoms with Gasteiger partial charge in [-0.1, -0.05) is 36.4 Å². The number of aryl methyl sites for hydroxylation is 1. The second-order valence-electron chi connectivity index (χ2n) is 7.68. The fourth-order valence-corrected chi connectivity index (χ4v) is 3.78. The third kappa shape index (κ3) is 7.03. The number of nitrogens with zero attached hydrogens (tertiary/aromatic N) is 2. The second kappa shape index (κ2) is 11.8. The van der Waals surface area contributed by atoms with E-state index in [2.05, 4.69) is 46.2 Å². The minimum Gasteiger partial charge on any atom is -0.493 e. The van der Waals surface area contributed by atoms with Crippen molar-refractivity contribution >= 4 is 0 Å². The zero-order chi connectivity index (χ0) is 20.3. The molecule has 5 nitrogen and oxygen atoms in total. The SMILES string of the molecule is COc1cc(CN2CCN(CCCN)CC2)ccc1OCCCc1ccccc1. The molecule has 158 valence electrons. The summed E-state index contributed by atoms with van der Waals surface area (Å²) in [5.74, 6) is 1.65. The molecule has 0 radical (unpaired) electrons. The molecule has 2 aromatic rings. The second-order valence-corrected chi connectivity index (χ2v) is 7.68. The first-order chi connectivity index (χ1) is 14.3.